The van der Waals surface area contributed by atoms with Gasteiger partial charge >= 0.3 is 0 Å². The number of amides is 2. The summed E-state index contributed by atoms with van der Waals surface area (Å²) >= 11 is 6.30. The Labute approximate surface area is 229 Å². The Hall–Kier alpha value is -2.63. The fourth-order valence-corrected chi connectivity index (χ4v) is 9.02. The minimum absolute atomic E-state index is 0.0564. The molecule has 1 N–H and O–H groups in total. The number of anilines is 1. The first-order chi connectivity index (χ1) is 18.2. The van der Waals surface area contributed by atoms with Crippen molar-refractivity contribution in [3.05, 3.63) is 58.4 Å². The lowest BCUT2D eigenvalue weighted by atomic mass is 9.74. The number of nitrogens with one attached hydrogen (secondary N) is 1. The number of hydrogen-bond acceptors (Lipinski definition) is 5. The third kappa shape index (κ3) is 4.62. The van der Waals surface area contributed by atoms with Crippen molar-refractivity contribution in [3.63, 3.8) is 0 Å². The molecule has 2 aromatic rings. The van der Waals surface area contributed by atoms with Gasteiger partial charge in [-0.15, -0.1) is 0 Å². The number of rotatable bonds is 4. The molecule has 1 aliphatic heterocycles. The quantitative estimate of drug-likeness (QED) is 0.491. The lowest BCUT2D eigenvalue weighted by molar-refractivity contribution is -0.164. The minimum Gasteiger partial charge on any atom is -0.347 e. The molecule has 7 nitrogen and oxygen atoms in total. The third-order valence-corrected chi connectivity index (χ3v) is 11.1. The molecule has 3 fully saturated rings. The first-order valence-electron chi connectivity index (χ1n) is 12.6. The van der Waals surface area contributed by atoms with E-state index >= 15 is 0 Å². The Morgan fingerprint density at radius 1 is 1.05 bits per heavy atom. The van der Waals surface area contributed by atoms with Crippen LogP contribution in [0.5, 0.6) is 0 Å². The number of hydrogen-bond donors (Lipinski definition) is 1. The van der Waals surface area contributed by atoms with Crippen LogP contribution in [0.2, 0.25) is 5.02 Å². The van der Waals surface area contributed by atoms with E-state index in [2.05, 4.69) is 5.32 Å². The molecule has 2 bridgehead atoms. The Morgan fingerprint density at radius 3 is 2.18 bits per heavy atom. The number of halogens is 4. The normalized spacial score (nSPS) is 27.7. The number of nitrogens with zero attached hydrogens (tertiary/aromatic N) is 1. The Balaban J connectivity index is 1.39. The van der Waals surface area contributed by atoms with Crippen LogP contribution < -0.4 is 5.32 Å². The van der Waals surface area contributed by atoms with Crippen LogP contribution in [0.25, 0.3) is 0 Å². The zero-order valence-electron chi connectivity index (χ0n) is 21.6. The number of sulfone groups is 1. The summed E-state index contributed by atoms with van der Waals surface area (Å²) in [6, 6.07) is 4.95. The van der Waals surface area contributed by atoms with Crippen LogP contribution in [-0.4, -0.2) is 48.3 Å². The predicted octanol–water partition coefficient (Wildman–Crippen LogP) is 5.33. The maximum atomic E-state index is 13.8. The maximum absolute atomic E-state index is 13.8. The van der Waals surface area contributed by atoms with Gasteiger partial charge in [-0.1, -0.05) is 11.6 Å². The zero-order valence-corrected chi connectivity index (χ0v) is 23.1. The molecule has 1 saturated heterocycles. The second-order valence-corrected chi connectivity index (χ2v) is 13.7. The van der Waals surface area contributed by atoms with Gasteiger partial charge in [-0.05, 0) is 69.6 Å². The van der Waals surface area contributed by atoms with Crippen LogP contribution in [-0.2, 0) is 19.4 Å². The second kappa shape index (κ2) is 9.49. The van der Waals surface area contributed by atoms with Gasteiger partial charge in [0.25, 0.3) is 5.91 Å². The molecule has 12 heteroatoms. The van der Waals surface area contributed by atoms with Crippen LogP contribution in [0, 0.1) is 29.3 Å². The summed E-state index contributed by atoms with van der Waals surface area (Å²) in [7, 11) is -3.99. The summed E-state index contributed by atoms with van der Waals surface area (Å²) < 4.78 is 74.6. The van der Waals surface area contributed by atoms with Crippen molar-refractivity contribution in [1.82, 2.24) is 4.90 Å². The molecule has 2 atom stereocenters. The number of carbonyl (C=O) groups excluding carboxylic acids is 2. The molecule has 2 amide bonds. The number of benzene rings is 2. The topological polar surface area (TPSA) is 92.8 Å². The second-order valence-electron chi connectivity index (χ2n) is 11.1. The molecular weight excluding hydrogens is 557 g/mol. The molecule has 210 valence electrons. The molecule has 2 aromatic carbocycles. The fourth-order valence-electron chi connectivity index (χ4n) is 6.62. The molecule has 2 unspecified atom stereocenters. The van der Waals surface area contributed by atoms with Gasteiger partial charge in [0.1, 0.15) is 5.72 Å². The van der Waals surface area contributed by atoms with Crippen molar-refractivity contribution < 1.29 is 35.9 Å². The average Bonchev–Trinajstić information content (AvgIpc) is 3.19. The van der Waals surface area contributed by atoms with Crippen LogP contribution in [0.15, 0.2) is 35.2 Å². The fraction of sp³-hybridized carbons (Fsp3) is 0.481. The van der Waals surface area contributed by atoms with Crippen LogP contribution in [0.4, 0.5) is 18.9 Å². The van der Waals surface area contributed by atoms with Crippen LogP contribution >= 0.6 is 11.6 Å². The molecule has 39 heavy (non-hydrogen) atoms. The number of carbonyl (C=O) groups is 2. The SMILES string of the molecule is CC(=O)N1C[C@]2(OC1(C)C)C1CCC2C[C@@H](S(=O)(=O)c2cc(C(=O)Nc3cc(F)c(F)c(F)c3)ccc2Cl)C1. The lowest BCUT2D eigenvalue weighted by Crippen LogP contribution is -2.51. The number of ether oxygens (including phenoxy) is 1. The highest BCUT2D eigenvalue weighted by Gasteiger charge is 2.64. The van der Waals surface area contributed by atoms with Gasteiger partial charge in [0.05, 0.1) is 27.3 Å². The summed E-state index contributed by atoms with van der Waals surface area (Å²) in [4.78, 5) is 26.5. The van der Waals surface area contributed by atoms with E-state index in [1.165, 1.54) is 19.1 Å². The smallest absolute Gasteiger partial charge is 0.255 e. The summed E-state index contributed by atoms with van der Waals surface area (Å²) in [6.07, 6.45) is 2.20. The highest BCUT2D eigenvalue weighted by molar-refractivity contribution is 7.92. The Morgan fingerprint density at radius 2 is 1.64 bits per heavy atom. The van der Waals surface area contributed by atoms with E-state index in [0.29, 0.717) is 31.5 Å². The monoisotopic (exact) mass is 584 g/mol. The van der Waals surface area contributed by atoms with E-state index in [4.69, 9.17) is 16.3 Å². The van der Waals surface area contributed by atoms with Gasteiger partial charge in [-0.3, -0.25) is 9.59 Å². The van der Waals surface area contributed by atoms with Gasteiger partial charge in [-0.2, -0.15) is 0 Å². The molecule has 2 saturated carbocycles. The van der Waals surface area contributed by atoms with Crippen molar-refractivity contribution in [1.29, 1.82) is 0 Å². The van der Waals surface area contributed by atoms with Crippen molar-refractivity contribution in [2.45, 2.75) is 67.9 Å². The van der Waals surface area contributed by atoms with Gasteiger partial charge in [-0.25, -0.2) is 21.6 Å². The third-order valence-electron chi connectivity index (χ3n) is 8.40. The minimum atomic E-state index is -3.99. The molecule has 0 radical (unpaired) electrons. The average molecular weight is 585 g/mol. The van der Waals surface area contributed by atoms with Gasteiger partial charge < -0.3 is 15.0 Å². The van der Waals surface area contributed by atoms with Crippen molar-refractivity contribution in [3.8, 4) is 0 Å². The van der Waals surface area contributed by atoms with Gasteiger partial charge in [0, 0.05) is 30.3 Å². The summed E-state index contributed by atoms with van der Waals surface area (Å²) in [5.41, 5.74) is -1.83. The van der Waals surface area contributed by atoms with E-state index in [-0.39, 0.29) is 38.9 Å². The lowest BCUT2D eigenvalue weighted by Gasteiger charge is -2.43. The maximum Gasteiger partial charge on any atom is 0.255 e. The van der Waals surface area contributed by atoms with Gasteiger partial charge in [0.2, 0.25) is 5.91 Å². The molecule has 3 aliphatic rings. The first-order valence-corrected chi connectivity index (χ1v) is 14.6. The van der Waals surface area contributed by atoms with Gasteiger partial charge in [0.15, 0.2) is 27.3 Å². The largest absolute Gasteiger partial charge is 0.347 e. The van der Waals surface area contributed by atoms with Crippen LogP contribution in [0.1, 0.15) is 56.8 Å². The van der Waals surface area contributed by atoms with Crippen molar-refractivity contribution >= 4 is 38.9 Å². The zero-order chi connectivity index (χ0) is 28.5. The first kappa shape index (κ1) is 27.9. The van der Waals surface area contributed by atoms with Crippen molar-refractivity contribution in [2.75, 3.05) is 11.9 Å². The highest BCUT2D eigenvalue weighted by Crippen LogP contribution is 2.58. The van der Waals surface area contributed by atoms with Crippen molar-refractivity contribution in [2.24, 2.45) is 11.8 Å². The molecule has 2 aliphatic carbocycles. The predicted molar refractivity (Wildman–Crippen MR) is 137 cm³/mol. The van der Waals surface area contributed by atoms with E-state index in [1.807, 2.05) is 13.8 Å². The summed E-state index contributed by atoms with van der Waals surface area (Å²) in [5, 5.41) is 1.43. The molecule has 0 aromatic heterocycles. The summed E-state index contributed by atoms with van der Waals surface area (Å²) in [6.45, 7) is 5.60. The molecular formula is C27H28ClF3N2O5S. The van der Waals surface area contributed by atoms with E-state index in [9.17, 15) is 31.2 Å². The Kier molecular flexibility index (Phi) is 6.79. The molecule has 5 rings (SSSR count). The van der Waals surface area contributed by atoms with E-state index in [1.54, 1.807) is 4.90 Å². The summed E-state index contributed by atoms with van der Waals surface area (Å²) in [5.74, 6) is -5.72. The van der Waals surface area contributed by atoms with Crippen LogP contribution in [0.3, 0.4) is 0 Å². The molecule has 1 heterocycles. The van der Waals surface area contributed by atoms with E-state index < -0.39 is 49.8 Å². The highest BCUT2D eigenvalue weighted by atomic mass is 35.5. The van der Waals surface area contributed by atoms with E-state index in [0.717, 1.165) is 18.9 Å². The Bertz CT molecular complexity index is 1440. The standard InChI is InChI=1S/C27H28ClF3N2O5S/c1-14(34)33-13-27(38-26(33,2)3)16-5-6-17(27)10-19(9-16)39(36,37)23-8-15(4-7-20(23)28)25(35)32-18-11-21(29)24(31)22(30)12-18/h4,7-8,11-12,16-17,19H,5-6,9-10,13H2,1-3H3,(H,32,35)/t16?,17?,19-,27-. The molecule has 1 spiro atoms.